The van der Waals surface area contributed by atoms with Crippen molar-refractivity contribution in [3.63, 3.8) is 0 Å². The summed E-state index contributed by atoms with van der Waals surface area (Å²) in [5, 5.41) is 0. The van der Waals surface area contributed by atoms with Crippen molar-refractivity contribution in [3.8, 4) is 0 Å². The molecule has 0 aliphatic rings. The van der Waals surface area contributed by atoms with Gasteiger partial charge in [-0.1, -0.05) is 24.3 Å². The number of hydrogen-bond donors (Lipinski definition) is 0. The second-order valence-electron chi connectivity index (χ2n) is 3.23. The summed E-state index contributed by atoms with van der Waals surface area (Å²) in [7, 11) is 0. The number of hydrogen-bond acceptors (Lipinski definition) is 2. The van der Waals surface area contributed by atoms with E-state index in [2.05, 4.69) is 0 Å². The first-order chi connectivity index (χ1) is 7.77. The largest absolute Gasteiger partial charge is 0.406 e. The first-order valence-corrected chi connectivity index (χ1v) is 4.82. The molecule has 0 bridgehead atoms. The van der Waals surface area contributed by atoms with Crippen LogP contribution in [0.3, 0.4) is 0 Å². The Morgan fingerprint density at radius 3 is 2.62 bits per heavy atom. The van der Waals surface area contributed by atoms with Crippen LogP contribution in [0.1, 0.15) is 5.56 Å². The Morgan fingerprint density at radius 2 is 1.88 bits per heavy atom. The molecule has 2 rings (SSSR count). The van der Waals surface area contributed by atoms with Gasteiger partial charge in [0.25, 0.3) is 5.56 Å². The van der Waals surface area contributed by atoms with Crippen LogP contribution in [-0.4, -0.2) is 4.73 Å². The number of benzene rings is 1. The van der Waals surface area contributed by atoms with Crippen LogP contribution in [0.2, 0.25) is 0 Å². The number of pyridine rings is 1. The highest BCUT2D eigenvalue weighted by Crippen LogP contribution is 2.05. The summed E-state index contributed by atoms with van der Waals surface area (Å²) in [4.78, 5) is 16.4. The van der Waals surface area contributed by atoms with Gasteiger partial charge in [0.05, 0.1) is 0 Å². The maximum absolute atomic E-state index is 13.2. The number of nitrogens with zero attached hydrogens (tertiary/aromatic N) is 1. The monoisotopic (exact) mass is 219 g/mol. The molecule has 0 atom stereocenters. The highest BCUT2D eigenvalue weighted by Gasteiger charge is 2.01. The summed E-state index contributed by atoms with van der Waals surface area (Å²) in [5.41, 5.74) is 0.136. The Balaban J connectivity index is 2.12. The number of aromatic nitrogens is 1. The van der Waals surface area contributed by atoms with E-state index >= 15 is 0 Å². The Morgan fingerprint density at radius 1 is 1.12 bits per heavy atom. The van der Waals surface area contributed by atoms with Gasteiger partial charge in [0.2, 0.25) is 0 Å². The highest BCUT2D eigenvalue weighted by atomic mass is 19.1. The minimum Gasteiger partial charge on any atom is -0.406 e. The molecule has 0 aliphatic heterocycles. The van der Waals surface area contributed by atoms with Crippen molar-refractivity contribution in [2.45, 2.75) is 6.61 Å². The van der Waals surface area contributed by atoms with Crippen LogP contribution >= 0.6 is 0 Å². The minimum absolute atomic E-state index is 0.0244. The molecule has 4 heteroatoms. The summed E-state index contributed by atoms with van der Waals surface area (Å²) >= 11 is 0. The third kappa shape index (κ3) is 2.28. The number of rotatable bonds is 3. The average Bonchev–Trinajstić information content (AvgIpc) is 2.30. The van der Waals surface area contributed by atoms with Gasteiger partial charge in [-0.3, -0.25) is 4.79 Å². The van der Waals surface area contributed by atoms with E-state index in [1.54, 1.807) is 30.3 Å². The second-order valence-corrected chi connectivity index (χ2v) is 3.23. The Bertz CT molecular complexity index is 536. The zero-order chi connectivity index (χ0) is 11.4. The lowest BCUT2D eigenvalue weighted by Crippen LogP contribution is -2.25. The molecule has 1 heterocycles. The van der Waals surface area contributed by atoms with E-state index in [4.69, 9.17) is 4.84 Å². The molecular formula is C12H10FNO2. The molecule has 0 fully saturated rings. The standard InChI is InChI=1S/C12H10FNO2/c13-11-6-2-1-5-10(11)9-16-14-8-4-3-7-12(14)15/h1-8H,9H2. The molecule has 0 N–H and O–H groups in total. The predicted molar refractivity (Wildman–Crippen MR) is 57.4 cm³/mol. The fourth-order valence-electron chi connectivity index (χ4n) is 1.27. The van der Waals surface area contributed by atoms with E-state index < -0.39 is 0 Å². The maximum Gasteiger partial charge on any atom is 0.282 e. The van der Waals surface area contributed by atoms with E-state index in [0.717, 1.165) is 4.73 Å². The van der Waals surface area contributed by atoms with E-state index in [1.165, 1.54) is 18.3 Å². The lowest BCUT2D eigenvalue weighted by Gasteiger charge is -2.07. The van der Waals surface area contributed by atoms with Crippen LogP contribution in [0.25, 0.3) is 0 Å². The zero-order valence-electron chi connectivity index (χ0n) is 8.47. The molecule has 0 saturated heterocycles. The predicted octanol–water partition coefficient (Wildman–Crippen LogP) is 1.62. The van der Waals surface area contributed by atoms with Crippen LogP contribution in [0, 0.1) is 5.82 Å². The van der Waals surface area contributed by atoms with E-state index in [9.17, 15) is 9.18 Å². The molecule has 0 spiro atoms. The van der Waals surface area contributed by atoms with Gasteiger partial charge in [-0.15, -0.1) is 0 Å². The Labute approximate surface area is 91.7 Å². The van der Waals surface area contributed by atoms with Crippen LogP contribution < -0.4 is 10.4 Å². The topological polar surface area (TPSA) is 31.2 Å². The number of halogens is 1. The zero-order valence-corrected chi connectivity index (χ0v) is 8.47. The van der Waals surface area contributed by atoms with Gasteiger partial charge in [0, 0.05) is 17.8 Å². The van der Waals surface area contributed by atoms with Gasteiger partial charge in [0.1, 0.15) is 12.4 Å². The van der Waals surface area contributed by atoms with Gasteiger partial charge in [-0.25, -0.2) is 4.39 Å². The van der Waals surface area contributed by atoms with Crippen LogP contribution in [0.15, 0.2) is 53.5 Å². The Kier molecular flexibility index (Phi) is 3.00. The van der Waals surface area contributed by atoms with Crippen molar-refractivity contribution in [1.29, 1.82) is 0 Å². The quantitative estimate of drug-likeness (QED) is 0.785. The normalized spacial score (nSPS) is 10.1. The van der Waals surface area contributed by atoms with Crippen molar-refractivity contribution in [2.24, 2.45) is 0 Å². The van der Waals surface area contributed by atoms with E-state index in [-0.39, 0.29) is 18.0 Å². The van der Waals surface area contributed by atoms with Crippen molar-refractivity contribution < 1.29 is 9.23 Å². The molecule has 0 unspecified atom stereocenters. The molecule has 0 aliphatic carbocycles. The highest BCUT2D eigenvalue weighted by molar-refractivity contribution is 5.16. The van der Waals surface area contributed by atoms with Gasteiger partial charge in [-0.05, 0) is 12.1 Å². The van der Waals surface area contributed by atoms with Gasteiger partial charge in [0.15, 0.2) is 0 Å². The van der Waals surface area contributed by atoms with Crippen LogP contribution in [0.4, 0.5) is 4.39 Å². The fourth-order valence-corrected chi connectivity index (χ4v) is 1.27. The summed E-state index contributed by atoms with van der Waals surface area (Å²) in [6, 6.07) is 11.0. The maximum atomic E-state index is 13.2. The summed E-state index contributed by atoms with van der Waals surface area (Å²) in [6.07, 6.45) is 1.49. The van der Waals surface area contributed by atoms with Crippen molar-refractivity contribution in [1.82, 2.24) is 4.73 Å². The average molecular weight is 219 g/mol. The smallest absolute Gasteiger partial charge is 0.282 e. The minimum atomic E-state index is -0.341. The molecule has 0 radical (unpaired) electrons. The van der Waals surface area contributed by atoms with Gasteiger partial charge < -0.3 is 4.84 Å². The lowest BCUT2D eigenvalue weighted by molar-refractivity contribution is 0.0872. The first kappa shape index (κ1) is 10.4. The van der Waals surface area contributed by atoms with Gasteiger partial charge >= 0.3 is 0 Å². The lowest BCUT2D eigenvalue weighted by atomic mass is 10.2. The third-order valence-electron chi connectivity index (χ3n) is 2.11. The van der Waals surface area contributed by atoms with Crippen LogP contribution in [0.5, 0.6) is 0 Å². The second kappa shape index (κ2) is 4.61. The molecule has 16 heavy (non-hydrogen) atoms. The molecule has 82 valence electrons. The summed E-state index contributed by atoms with van der Waals surface area (Å²) in [5.74, 6) is -0.341. The SMILES string of the molecule is O=c1ccccn1OCc1ccccc1F. The summed E-state index contributed by atoms with van der Waals surface area (Å²) in [6.45, 7) is 0.0244. The molecular weight excluding hydrogens is 209 g/mol. The van der Waals surface area contributed by atoms with Gasteiger partial charge in [-0.2, -0.15) is 4.73 Å². The molecule has 0 saturated carbocycles. The summed E-state index contributed by atoms with van der Waals surface area (Å²) < 4.78 is 14.3. The molecule has 0 amide bonds. The fraction of sp³-hybridized carbons (Fsp3) is 0.0833. The van der Waals surface area contributed by atoms with E-state index in [0.29, 0.717) is 5.56 Å². The van der Waals surface area contributed by atoms with Crippen molar-refractivity contribution >= 4 is 0 Å². The molecule has 2 aromatic rings. The molecule has 3 nitrogen and oxygen atoms in total. The van der Waals surface area contributed by atoms with Crippen molar-refractivity contribution in [2.75, 3.05) is 0 Å². The van der Waals surface area contributed by atoms with E-state index in [1.807, 2.05) is 0 Å². The third-order valence-corrected chi connectivity index (χ3v) is 2.11. The molecule has 1 aromatic carbocycles. The first-order valence-electron chi connectivity index (χ1n) is 4.82. The van der Waals surface area contributed by atoms with Crippen molar-refractivity contribution in [3.05, 3.63) is 70.4 Å². The Hall–Kier alpha value is -2.10. The molecule has 1 aromatic heterocycles. The van der Waals surface area contributed by atoms with Crippen LogP contribution in [-0.2, 0) is 6.61 Å².